The standard InChI is InChI=1S/C13H24N2O4S/c1-20(17,18)15-5-2-3-11(10-15)7-12(16)8-13-9-14-4-6-19-13/h11,13-14H,2-10H2,1H3. The van der Waals surface area contributed by atoms with E-state index in [0.29, 0.717) is 32.5 Å². The van der Waals surface area contributed by atoms with Crippen molar-refractivity contribution in [1.82, 2.24) is 9.62 Å². The summed E-state index contributed by atoms with van der Waals surface area (Å²) in [6.45, 7) is 3.29. The van der Waals surface area contributed by atoms with Crippen molar-refractivity contribution in [3.8, 4) is 0 Å². The highest BCUT2D eigenvalue weighted by Gasteiger charge is 2.28. The number of carbonyl (C=O) groups excluding carboxylic acids is 1. The Morgan fingerprint density at radius 1 is 1.40 bits per heavy atom. The van der Waals surface area contributed by atoms with Crippen LogP contribution in [0.1, 0.15) is 25.7 Å². The third kappa shape index (κ3) is 4.80. The maximum atomic E-state index is 12.1. The van der Waals surface area contributed by atoms with Gasteiger partial charge in [-0.15, -0.1) is 0 Å². The summed E-state index contributed by atoms with van der Waals surface area (Å²) in [5, 5.41) is 3.21. The Kier molecular flexibility index (Phi) is 5.54. The highest BCUT2D eigenvalue weighted by Crippen LogP contribution is 2.22. The lowest BCUT2D eigenvalue weighted by Crippen LogP contribution is -2.41. The van der Waals surface area contributed by atoms with Crippen LogP contribution in [0.5, 0.6) is 0 Å². The normalized spacial score (nSPS) is 29.2. The molecule has 0 aromatic rings. The van der Waals surface area contributed by atoms with Crippen molar-refractivity contribution in [2.24, 2.45) is 5.92 Å². The minimum atomic E-state index is -3.13. The van der Waals surface area contributed by atoms with Crippen LogP contribution in [0.3, 0.4) is 0 Å². The number of sulfonamides is 1. The van der Waals surface area contributed by atoms with Crippen LogP contribution in [-0.4, -0.2) is 63.7 Å². The molecule has 1 N–H and O–H groups in total. The molecule has 0 spiro atoms. The van der Waals surface area contributed by atoms with Crippen LogP contribution < -0.4 is 5.32 Å². The summed E-state index contributed by atoms with van der Waals surface area (Å²) in [5.74, 6) is 0.335. The highest BCUT2D eigenvalue weighted by atomic mass is 32.2. The van der Waals surface area contributed by atoms with E-state index >= 15 is 0 Å². The van der Waals surface area contributed by atoms with E-state index in [2.05, 4.69) is 5.32 Å². The van der Waals surface area contributed by atoms with E-state index in [1.807, 2.05) is 0 Å². The zero-order valence-corrected chi connectivity index (χ0v) is 12.8. The van der Waals surface area contributed by atoms with Gasteiger partial charge < -0.3 is 10.1 Å². The van der Waals surface area contributed by atoms with Crippen LogP contribution in [0.15, 0.2) is 0 Å². The van der Waals surface area contributed by atoms with E-state index in [1.54, 1.807) is 0 Å². The molecule has 2 heterocycles. The number of ether oxygens (including phenoxy) is 1. The van der Waals surface area contributed by atoms with Gasteiger partial charge in [0, 0.05) is 39.0 Å². The first-order valence-electron chi connectivity index (χ1n) is 7.24. The van der Waals surface area contributed by atoms with Gasteiger partial charge in [-0.05, 0) is 18.8 Å². The summed E-state index contributed by atoms with van der Waals surface area (Å²) in [7, 11) is -3.13. The molecule has 2 unspecified atom stereocenters. The Hall–Kier alpha value is -0.500. The second kappa shape index (κ2) is 6.98. The van der Waals surface area contributed by atoms with Gasteiger partial charge in [-0.3, -0.25) is 4.79 Å². The van der Waals surface area contributed by atoms with Crippen molar-refractivity contribution < 1.29 is 17.9 Å². The van der Waals surface area contributed by atoms with Crippen LogP contribution >= 0.6 is 0 Å². The van der Waals surface area contributed by atoms with Gasteiger partial charge in [0.15, 0.2) is 0 Å². The molecule has 7 heteroatoms. The minimum absolute atomic E-state index is 0.0224. The van der Waals surface area contributed by atoms with Gasteiger partial charge in [0.2, 0.25) is 10.0 Å². The van der Waals surface area contributed by atoms with Crippen molar-refractivity contribution in [1.29, 1.82) is 0 Å². The van der Waals surface area contributed by atoms with Crippen LogP contribution in [0.25, 0.3) is 0 Å². The van der Waals surface area contributed by atoms with Crippen LogP contribution in [-0.2, 0) is 19.6 Å². The number of hydrogen-bond donors (Lipinski definition) is 1. The molecule has 6 nitrogen and oxygen atoms in total. The first kappa shape index (κ1) is 15.9. The Morgan fingerprint density at radius 3 is 2.85 bits per heavy atom. The van der Waals surface area contributed by atoms with Crippen molar-refractivity contribution in [3.05, 3.63) is 0 Å². The van der Waals surface area contributed by atoms with Crippen LogP contribution in [0, 0.1) is 5.92 Å². The molecule has 2 fully saturated rings. The fourth-order valence-electron chi connectivity index (χ4n) is 2.90. The number of morpholine rings is 1. The molecule has 2 atom stereocenters. The van der Waals surface area contributed by atoms with Gasteiger partial charge in [-0.2, -0.15) is 0 Å². The summed E-state index contributed by atoms with van der Waals surface area (Å²) in [5.41, 5.74) is 0. The van der Waals surface area contributed by atoms with Crippen LogP contribution in [0.4, 0.5) is 0 Å². The molecular formula is C13H24N2O4S. The Balaban J connectivity index is 1.78. The van der Waals surface area contributed by atoms with E-state index in [4.69, 9.17) is 4.74 Å². The third-order valence-corrected chi connectivity index (χ3v) is 5.20. The van der Waals surface area contributed by atoms with Gasteiger partial charge in [-0.1, -0.05) is 0 Å². The average molecular weight is 304 g/mol. The van der Waals surface area contributed by atoms with Gasteiger partial charge >= 0.3 is 0 Å². The second-order valence-electron chi connectivity index (χ2n) is 5.77. The lowest BCUT2D eigenvalue weighted by atomic mass is 9.92. The van der Waals surface area contributed by atoms with Gasteiger partial charge in [0.25, 0.3) is 0 Å². The molecule has 2 aliphatic rings. The summed E-state index contributed by atoms with van der Waals surface area (Å²) in [4.78, 5) is 12.1. The summed E-state index contributed by atoms with van der Waals surface area (Å²) < 4.78 is 30.1. The van der Waals surface area contributed by atoms with E-state index in [9.17, 15) is 13.2 Å². The average Bonchev–Trinajstić information content (AvgIpc) is 2.39. The van der Waals surface area contributed by atoms with Gasteiger partial charge in [0.1, 0.15) is 5.78 Å². The zero-order chi connectivity index (χ0) is 14.6. The largest absolute Gasteiger partial charge is 0.375 e. The molecular weight excluding hydrogens is 280 g/mol. The number of rotatable bonds is 5. The monoisotopic (exact) mass is 304 g/mol. The second-order valence-corrected chi connectivity index (χ2v) is 7.76. The van der Waals surface area contributed by atoms with E-state index in [0.717, 1.165) is 25.9 Å². The number of nitrogens with zero attached hydrogens (tertiary/aromatic N) is 1. The summed E-state index contributed by atoms with van der Waals surface area (Å²) in [6, 6.07) is 0. The third-order valence-electron chi connectivity index (χ3n) is 3.93. The fourth-order valence-corrected chi connectivity index (χ4v) is 3.85. The number of nitrogens with one attached hydrogen (secondary N) is 1. The smallest absolute Gasteiger partial charge is 0.211 e. The lowest BCUT2D eigenvalue weighted by Gasteiger charge is -2.31. The molecule has 0 amide bonds. The quantitative estimate of drug-likeness (QED) is 0.773. The lowest BCUT2D eigenvalue weighted by molar-refractivity contribution is -0.123. The van der Waals surface area contributed by atoms with Gasteiger partial charge in [0.05, 0.1) is 19.0 Å². The number of Topliss-reactive ketones (excluding diaryl/α,β-unsaturated/α-hetero) is 1. The Labute approximate surface area is 120 Å². The minimum Gasteiger partial charge on any atom is -0.375 e. The number of piperidine rings is 1. The van der Waals surface area contributed by atoms with Crippen molar-refractivity contribution in [3.63, 3.8) is 0 Å². The summed E-state index contributed by atoms with van der Waals surface area (Å²) >= 11 is 0. The van der Waals surface area contributed by atoms with E-state index < -0.39 is 10.0 Å². The van der Waals surface area contributed by atoms with Gasteiger partial charge in [-0.25, -0.2) is 12.7 Å². The highest BCUT2D eigenvalue weighted by molar-refractivity contribution is 7.88. The van der Waals surface area contributed by atoms with E-state index in [1.165, 1.54) is 10.6 Å². The first-order valence-corrected chi connectivity index (χ1v) is 9.09. The predicted octanol–water partition coefficient (Wildman–Crippen LogP) is -0.00430. The Morgan fingerprint density at radius 2 is 2.20 bits per heavy atom. The number of carbonyl (C=O) groups is 1. The SMILES string of the molecule is CS(=O)(=O)N1CCCC(CC(=O)CC2CNCCO2)C1. The fraction of sp³-hybridized carbons (Fsp3) is 0.923. The molecule has 116 valence electrons. The molecule has 0 bridgehead atoms. The molecule has 0 radical (unpaired) electrons. The molecule has 2 aliphatic heterocycles. The van der Waals surface area contributed by atoms with Crippen molar-refractivity contribution >= 4 is 15.8 Å². The van der Waals surface area contributed by atoms with E-state index in [-0.39, 0.29) is 17.8 Å². The maximum absolute atomic E-state index is 12.1. The molecule has 20 heavy (non-hydrogen) atoms. The zero-order valence-electron chi connectivity index (χ0n) is 12.0. The molecule has 2 saturated heterocycles. The molecule has 2 rings (SSSR count). The molecule has 0 saturated carbocycles. The van der Waals surface area contributed by atoms with Crippen LogP contribution in [0.2, 0.25) is 0 Å². The van der Waals surface area contributed by atoms with Crippen molar-refractivity contribution in [2.75, 3.05) is 39.0 Å². The first-order chi connectivity index (χ1) is 9.45. The predicted molar refractivity (Wildman–Crippen MR) is 76.0 cm³/mol. The topological polar surface area (TPSA) is 75.7 Å². The summed E-state index contributed by atoms with van der Waals surface area (Å²) in [6.07, 6.45) is 3.88. The van der Waals surface area contributed by atoms with Crippen molar-refractivity contribution in [2.45, 2.75) is 31.8 Å². The molecule has 0 aromatic heterocycles. The molecule has 0 aliphatic carbocycles. The number of ketones is 1. The Bertz CT molecular complexity index is 432. The molecule has 0 aromatic carbocycles. The maximum Gasteiger partial charge on any atom is 0.211 e. The number of hydrogen-bond acceptors (Lipinski definition) is 5.